The summed E-state index contributed by atoms with van der Waals surface area (Å²) in [5, 5.41) is 11.2. The van der Waals surface area contributed by atoms with E-state index in [0.29, 0.717) is 12.0 Å². The zero-order chi connectivity index (χ0) is 22.8. The summed E-state index contributed by atoms with van der Waals surface area (Å²) >= 11 is 1.71. The number of ether oxygens (including phenoxy) is 1. The lowest BCUT2D eigenvalue weighted by atomic mass is 10.1. The summed E-state index contributed by atoms with van der Waals surface area (Å²) in [6, 6.07) is 6.52. The van der Waals surface area contributed by atoms with Gasteiger partial charge in [0.05, 0.1) is 29.9 Å². The highest BCUT2D eigenvalue weighted by atomic mass is 32.1. The highest BCUT2D eigenvalue weighted by Crippen LogP contribution is 2.32. The van der Waals surface area contributed by atoms with Crippen LogP contribution in [0.4, 0.5) is 5.82 Å². The van der Waals surface area contributed by atoms with E-state index in [4.69, 9.17) is 9.72 Å². The molecular weight excluding hydrogens is 434 g/mol. The number of hydrogen-bond donors (Lipinski definition) is 1. The van der Waals surface area contributed by atoms with Gasteiger partial charge in [0, 0.05) is 35.7 Å². The summed E-state index contributed by atoms with van der Waals surface area (Å²) in [6.45, 7) is 5.13. The van der Waals surface area contributed by atoms with Crippen molar-refractivity contribution in [3.05, 3.63) is 47.2 Å². The van der Waals surface area contributed by atoms with E-state index in [1.807, 2.05) is 24.5 Å². The molecule has 1 N–H and O–H groups in total. The number of thiophene rings is 1. The van der Waals surface area contributed by atoms with Gasteiger partial charge in [0.15, 0.2) is 5.65 Å². The van der Waals surface area contributed by atoms with E-state index in [1.54, 1.807) is 24.8 Å². The molecule has 1 unspecified atom stereocenters. The predicted octanol–water partition coefficient (Wildman–Crippen LogP) is 4.44. The first kappa shape index (κ1) is 21.8. The molecule has 0 amide bonds. The molecular formula is C24H29N7OS. The number of likely N-dealkylation sites (tertiary alicyclic amines) is 1. The Morgan fingerprint density at radius 1 is 1.18 bits per heavy atom. The molecule has 0 radical (unpaired) electrons. The van der Waals surface area contributed by atoms with Gasteiger partial charge < -0.3 is 15.0 Å². The van der Waals surface area contributed by atoms with E-state index in [9.17, 15) is 0 Å². The minimum absolute atomic E-state index is 0.307. The quantitative estimate of drug-likeness (QED) is 0.434. The summed E-state index contributed by atoms with van der Waals surface area (Å²) in [7, 11) is 3.89. The average molecular weight is 464 g/mol. The van der Waals surface area contributed by atoms with E-state index in [0.717, 1.165) is 66.3 Å². The van der Waals surface area contributed by atoms with Gasteiger partial charge in [-0.25, -0.2) is 19.6 Å². The van der Waals surface area contributed by atoms with Crippen molar-refractivity contribution < 1.29 is 4.74 Å². The maximum atomic E-state index is 5.46. The SMILES string of the molecule is COc1ccsc1C(C)CNc1cc(-c2cnc3c(cnn3C3CCN(C)CC3)c2)ncn1. The number of piperidine rings is 1. The summed E-state index contributed by atoms with van der Waals surface area (Å²) < 4.78 is 7.55. The highest BCUT2D eigenvalue weighted by Gasteiger charge is 2.21. The van der Waals surface area contributed by atoms with Crippen molar-refractivity contribution in [2.45, 2.75) is 31.7 Å². The molecule has 172 valence electrons. The summed E-state index contributed by atoms with van der Waals surface area (Å²) in [5.74, 6) is 2.05. The molecule has 33 heavy (non-hydrogen) atoms. The van der Waals surface area contributed by atoms with Crippen molar-refractivity contribution in [1.29, 1.82) is 0 Å². The van der Waals surface area contributed by atoms with Gasteiger partial charge in [-0.05, 0) is 50.5 Å². The zero-order valence-corrected chi connectivity index (χ0v) is 20.0. The molecule has 9 heteroatoms. The van der Waals surface area contributed by atoms with Crippen molar-refractivity contribution in [3.63, 3.8) is 0 Å². The van der Waals surface area contributed by atoms with E-state index < -0.39 is 0 Å². The fraction of sp³-hybridized carbons (Fsp3) is 0.417. The monoisotopic (exact) mass is 463 g/mol. The maximum absolute atomic E-state index is 5.46. The molecule has 0 bridgehead atoms. The van der Waals surface area contributed by atoms with Crippen LogP contribution in [0, 0.1) is 0 Å². The normalized spacial score (nSPS) is 16.2. The Kier molecular flexibility index (Phi) is 6.24. The van der Waals surface area contributed by atoms with E-state index in [-0.39, 0.29) is 0 Å². The Labute approximate surface area is 197 Å². The Morgan fingerprint density at radius 3 is 2.85 bits per heavy atom. The van der Waals surface area contributed by atoms with Gasteiger partial charge in [-0.1, -0.05) is 6.92 Å². The third kappa shape index (κ3) is 4.56. The van der Waals surface area contributed by atoms with Crippen LogP contribution < -0.4 is 10.1 Å². The molecule has 0 aromatic carbocycles. The van der Waals surface area contributed by atoms with E-state index in [2.05, 4.69) is 55.4 Å². The second-order valence-corrected chi connectivity index (χ2v) is 9.63. The minimum atomic E-state index is 0.307. The van der Waals surface area contributed by atoms with Gasteiger partial charge in [-0.2, -0.15) is 5.10 Å². The molecule has 0 aliphatic carbocycles. The lowest BCUT2D eigenvalue weighted by Crippen LogP contribution is -2.31. The Bertz CT molecular complexity index is 1230. The number of anilines is 1. The molecule has 1 atom stereocenters. The van der Waals surface area contributed by atoms with Gasteiger partial charge in [-0.15, -0.1) is 11.3 Å². The van der Waals surface area contributed by atoms with Crippen LogP contribution >= 0.6 is 11.3 Å². The topological polar surface area (TPSA) is 81.0 Å². The van der Waals surface area contributed by atoms with Crippen LogP contribution in [0.1, 0.15) is 36.6 Å². The van der Waals surface area contributed by atoms with E-state index >= 15 is 0 Å². The summed E-state index contributed by atoms with van der Waals surface area (Å²) in [4.78, 5) is 17.2. The number of aromatic nitrogens is 5. The highest BCUT2D eigenvalue weighted by molar-refractivity contribution is 7.10. The van der Waals surface area contributed by atoms with Crippen molar-refractivity contribution in [3.8, 4) is 17.0 Å². The first-order chi connectivity index (χ1) is 16.1. The molecule has 1 aliphatic rings. The second-order valence-electron chi connectivity index (χ2n) is 8.68. The third-order valence-electron chi connectivity index (χ3n) is 6.34. The molecule has 8 nitrogen and oxygen atoms in total. The van der Waals surface area contributed by atoms with Gasteiger partial charge in [0.25, 0.3) is 0 Å². The first-order valence-electron chi connectivity index (χ1n) is 11.3. The van der Waals surface area contributed by atoms with E-state index in [1.165, 1.54) is 4.88 Å². The van der Waals surface area contributed by atoms with Gasteiger partial charge in [0.1, 0.15) is 17.9 Å². The smallest absolute Gasteiger partial charge is 0.158 e. The molecule has 1 aliphatic heterocycles. The number of pyridine rings is 1. The van der Waals surface area contributed by atoms with Crippen LogP contribution in [-0.4, -0.2) is 63.4 Å². The standard InChI is InChI=1S/C24H29N7OS/c1-16(23-21(32-3)6-9-33-23)12-25-22-11-20(27-15-28-22)17-10-18-14-29-31(24(18)26-13-17)19-4-7-30(2)8-5-19/h6,9-11,13-16,19H,4-5,7-8,12H2,1-3H3,(H,25,27,28). The van der Waals surface area contributed by atoms with Gasteiger partial charge in [0.2, 0.25) is 0 Å². The molecule has 0 saturated carbocycles. The van der Waals surface area contributed by atoms with Crippen molar-refractivity contribution in [1.82, 2.24) is 29.6 Å². The molecule has 5 heterocycles. The molecule has 5 rings (SSSR count). The predicted molar refractivity (Wildman–Crippen MR) is 132 cm³/mol. The molecule has 0 spiro atoms. The van der Waals surface area contributed by atoms with Crippen LogP contribution in [0.2, 0.25) is 0 Å². The number of methoxy groups -OCH3 is 1. The fourth-order valence-corrected chi connectivity index (χ4v) is 5.31. The minimum Gasteiger partial charge on any atom is -0.496 e. The van der Waals surface area contributed by atoms with Crippen molar-refractivity contribution >= 4 is 28.2 Å². The first-order valence-corrected chi connectivity index (χ1v) is 12.2. The summed E-state index contributed by atoms with van der Waals surface area (Å²) in [6.07, 6.45) is 7.61. The van der Waals surface area contributed by atoms with Crippen LogP contribution in [0.3, 0.4) is 0 Å². The van der Waals surface area contributed by atoms with Crippen LogP contribution in [0.5, 0.6) is 5.75 Å². The Balaban J connectivity index is 1.31. The Morgan fingerprint density at radius 2 is 2.03 bits per heavy atom. The third-order valence-corrected chi connectivity index (χ3v) is 7.47. The van der Waals surface area contributed by atoms with Crippen LogP contribution in [-0.2, 0) is 0 Å². The zero-order valence-electron chi connectivity index (χ0n) is 19.2. The average Bonchev–Trinajstić information content (AvgIpc) is 3.50. The second kappa shape index (κ2) is 9.44. The van der Waals surface area contributed by atoms with Gasteiger partial charge in [-0.3, -0.25) is 0 Å². The number of rotatable bonds is 7. The number of hydrogen-bond acceptors (Lipinski definition) is 8. The largest absolute Gasteiger partial charge is 0.496 e. The van der Waals surface area contributed by atoms with Crippen LogP contribution in [0.25, 0.3) is 22.3 Å². The maximum Gasteiger partial charge on any atom is 0.158 e. The molecule has 4 aromatic rings. The number of fused-ring (bicyclic) bond motifs is 1. The number of nitrogens with one attached hydrogen (secondary N) is 1. The Hall–Kier alpha value is -3.04. The fourth-order valence-electron chi connectivity index (χ4n) is 4.39. The molecule has 4 aromatic heterocycles. The molecule has 1 fully saturated rings. The molecule has 1 saturated heterocycles. The van der Waals surface area contributed by atoms with Gasteiger partial charge >= 0.3 is 0 Å². The number of nitrogens with zero attached hydrogens (tertiary/aromatic N) is 6. The van der Waals surface area contributed by atoms with Crippen molar-refractivity contribution in [2.24, 2.45) is 0 Å². The van der Waals surface area contributed by atoms with Crippen molar-refractivity contribution in [2.75, 3.05) is 39.1 Å². The lowest BCUT2D eigenvalue weighted by Gasteiger charge is -2.29. The van der Waals surface area contributed by atoms with Crippen LogP contribution in [0.15, 0.2) is 42.3 Å². The summed E-state index contributed by atoms with van der Waals surface area (Å²) in [5.41, 5.74) is 2.75. The lowest BCUT2D eigenvalue weighted by molar-refractivity contribution is 0.215.